The Hall–Kier alpha value is -2.49. The molecule has 1 atom stereocenters. The van der Waals surface area contributed by atoms with E-state index in [1.807, 2.05) is 41.0 Å². The molecule has 4 rings (SSSR count). The molecule has 0 fully saturated rings. The highest BCUT2D eigenvalue weighted by atomic mass is 16.1. The monoisotopic (exact) mass is 305 g/mol. The van der Waals surface area contributed by atoms with Crippen LogP contribution in [0, 0.1) is 5.92 Å². The van der Waals surface area contributed by atoms with Crippen LogP contribution in [0.3, 0.4) is 0 Å². The smallest absolute Gasteiger partial charge is 0.261 e. The Morgan fingerprint density at radius 1 is 1.17 bits per heavy atom. The van der Waals surface area contributed by atoms with E-state index in [0.717, 1.165) is 48.4 Å². The number of pyridine rings is 1. The topological polar surface area (TPSA) is 47.8 Å². The molecule has 0 spiro atoms. The molecule has 4 nitrogen and oxygen atoms in total. The lowest BCUT2D eigenvalue weighted by Crippen LogP contribution is -2.24. The van der Waals surface area contributed by atoms with Crippen molar-refractivity contribution in [3.63, 3.8) is 0 Å². The molecule has 0 saturated heterocycles. The number of rotatable bonds is 1. The molecule has 4 heteroatoms. The van der Waals surface area contributed by atoms with Crippen molar-refractivity contribution in [2.24, 2.45) is 5.92 Å². The van der Waals surface area contributed by atoms with Crippen LogP contribution in [0.1, 0.15) is 25.6 Å². The van der Waals surface area contributed by atoms with E-state index >= 15 is 0 Å². The molecule has 1 unspecified atom stereocenters. The Labute approximate surface area is 134 Å². The van der Waals surface area contributed by atoms with Gasteiger partial charge in [0.1, 0.15) is 5.82 Å². The minimum absolute atomic E-state index is 0.0895. The number of nitrogens with zero attached hydrogens (tertiary/aromatic N) is 3. The maximum atomic E-state index is 12.8. The first-order valence-corrected chi connectivity index (χ1v) is 8.17. The van der Waals surface area contributed by atoms with Crippen molar-refractivity contribution in [1.29, 1.82) is 0 Å². The molecular weight excluding hydrogens is 286 g/mol. The Morgan fingerprint density at radius 3 is 2.91 bits per heavy atom. The fraction of sp³-hybridized carbons (Fsp3) is 0.316. The van der Waals surface area contributed by atoms with E-state index in [1.54, 1.807) is 6.20 Å². The predicted molar refractivity (Wildman–Crippen MR) is 91.3 cm³/mol. The molecule has 0 saturated carbocycles. The molecule has 1 aliphatic rings. The Bertz CT molecular complexity index is 915. The highest BCUT2D eigenvalue weighted by Crippen LogP contribution is 2.22. The Kier molecular flexibility index (Phi) is 3.45. The van der Waals surface area contributed by atoms with Gasteiger partial charge < -0.3 is 0 Å². The SMILES string of the molecule is CC1CCc2nc3cc(-c4ccccn4)ccc3c(=O)n2CC1. The molecule has 0 aliphatic carbocycles. The lowest BCUT2D eigenvalue weighted by molar-refractivity contribution is 0.484. The van der Waals surface area contributed by atoms with Crippen molar-refractivity contribution in [3.05, 3.63) is 58.8 Å². The molecule has 0 N–H and O–H groups in total. The van der Waals surface area contributed by atoms with Crippen LogP contribution in [0.4, 0.5) is 0 Å². The summed E-state index contributed by atoms with van der Waals surface area (Å²) >= 11 is 0. The molecule has 0 amide bonds. The summed E-state index contributed by atoms with van der Waals surface area (Å²) in [6.07, 6.45) is 4.80. The molecule has 0 bridgehead atoms. The second-order valence-corrected chi connectivity index (χ2v) is 6.36. The van der Waals surface area contributed by atoms with Gasteiger partial charge in [-0.1, -0.05) is 19.1 Å². The molecule has 0 radical (unpaired) electrons. The van der Waals surface area contributed by atoms with E-state index in [4.69, 9.17) is 4.98 Å². The van der Waals surface area contributed by atoms with E-state index in [0.29, 0.717) is 11.3 Å². The lowest BCUT2D eigenvalue weighted by Gasteiger charge is -2.10. The zero-order chi connectivity index (χ0) is 15.8. The first-order valence-electron chi connectivity index (χ1n) is 8.17. The van der Waals surface area contributed by atoms with Gasteiger partial charge in [0.2, 0.25) is 0 Å². The molecule has 1 aromatic carbocycles. The van der Waals surface area contributed by atoms with Crippen LogP contribution < -0.4 is 5.56 Å². The van der Waals surface area contributed by atoms with Gasteiger partial charge in [0.25, 0.3) is 5.56 Å². The zero-order valence-electron chi connectivity index (χ0n) is 13.2. The van der Waals surface area contributed by atoms with Crippen LogP contribution in [-0.2, 0) is 13.0 Å². The summed E-state index contributed by atoms with van der Waals surface area (Å²) in [6.45, 7) is 3.02. The van der Waals surface area contributed by atoms with Crippen LogP contribution in [0.15, 0.2) is 47.4 Å². The highest BCUT2D eigenvalue weighted by Gasteiger charge is 2.17. The van der Waals surface area contributed by atoms with Crippen molar-refractivity contribution in [2.75, 3.05) is 0 Å². The van der Waals surface area contributed by atoms with Crippen LogP contribution >= 0.6 is 0 Å². The molecule has 116 valence electrons. The number of hydrogen-bond acceptors (Lipinski definition) is 3. The Balaban J connectivity index is 1.88. The van der Waals surface area contributed by atoms with Crippen LogP contribution in [0.5, 0.6) is 0 Å². The molecule has 1 aliphatic heterocycles. The van der Waals surface area contributed by atoms with E-state index in [9.17, 15) is 4.79 Å². The fourth-order valence-corrected chi connectivity index (χ4v) is 3.25. The van der Waals surface area contributed by atoms with Crippen molar-refractivity contribution in [3.8, 4) is 11.3 Å². The summed E-state index contributed by atoms with van der Waals surface area (Å²) in [6, 6.07) is 11.7. The third kappa shape index (κ3) is 2.54. The van der Waals surface area contributed by atoms with Crippen molar-refractivity contribution in [2.45, 2.75) is 32.7 Å². The third-order valence-corrected chi connectivity index (χ3v) is 4.70. The molecular formula is C19H19N3O. The first-order chi connectivity index (χ1) is 11.2. The zero-order valence-corrected chi connectivity index (χ0v) is 13.2. The standard InChI is InChI=1S/C19H19N3O/c1-13-5-8-18-21-17-12-14(16-4-2-3-10-20-16)6-7-15(17)19(23)22(18)11-9-13/h2-4,6-7,10,12-13H,5,8-9,11H2,1H3. The Morgan fingerprint density at radius 2 is 2.09 bits per heavy atom. The molecule has 2 aromatic heterocycles. The van der Waals surface area contributed by atoms with Crippen LogP contribution in [-0.4, -0.2) is 14.5 Å². The normalized spacial score (nSPS) is 17.7. The summed E-state index contributed by atoms with van der Waals surface area (Å²) in [5.41, 5.74) is 2.77. The van der Waals surface area contributed by atoms with Gasteiger partial charge in [-0.25, -0.2) is 4.98 Å². The second-order valence-electron chi connectivity index (χ2n) is 6.36. The van der Waals surface area contributed by atoms with Crippen molar-refractivity contribution >= 4 is 10.9 Å². The van der Waals surface area contributed by atoms with Gasteiger partial charge in [0.15, 0.2) is 0 Å². The van der Waals surface area contributed by atoms with E-state index in [1.165, 1.54) is 0 Å². The average Bonchev–Trinajstić information content (AvgIpc) is 2.78. The lowest BCUT2D eigenvalue weighted by atomic mass is 10.0. The van der Waals surface area contributed by atoms with Gasteiger partial charge in [0.05, 0.1) is 16.6 Å². The minimum Gasteiger partial charge on any atom is -0.296 e. The highest BCUT2D eigenvalue weighted by molar-refractivity contribution is 5.83. The van der Waals surface area contributed by atoms with E-state index in [2.05, 4.69) is 11.9 Å². The van der Waals surface area contributed by atoms with Crippen LogP contribution in [0.25, 0.3) is 22.2 Å². The van der Waals surface area contributed by atoms with Gasteiger partial charge in [-0.15, -0.1) is 0 Å². The van der Waals surface area contributed by atoms with Gasteiger partial charge in [-0.3, -0.25) is 14.3 Å². The summed E-state index contributed by atoms with van der Waals surface area (Å²) in [5, 5.41) is 0.697. The van der Waals surface area contributed by atoms with Gasteiger partial charge in [-0.05, 0) is 43.0 Å². The predicted octanol–water partition coefficient (Wildman–Crippen LogP) is 3.43. The van der Waals surface area contributed by atoms with Gasteiger partial charge >= 0.3 is 0 Å². The molecule has 23 heavy (non-hydrogen) atoms. The van der Waals surface area contributed by atoms with E-state index < -0.39 is 0 Å². The molecule has 3 aromatic rings. The van der Waals surface area contributed by atoms with E-state index in [-0.39, 0.29) is 5.56 Å². The maximum Gasteiger partial charge on any atom is 0.261 e. The summed E-state index contributed by atoms with van der Waals surface area (Å²) in [7, 11) is 0. The number of benzene rings is 1. The quantitative estimate of drug-likeness (QED) is 0.692. The fourth-order valence-electron chi connectivity index (χ4n) is 3.25. The minimum atomic E-state index is 0.0895. The second kappa shape index (κ2) is 5.61. The number of hydrogen-bond donors (Lipinski definition) is 0. The summed E-state index contributed by atoms with van der Waals surface area (Å²) in [4.78, 5) is 22.0. The summed E-state index contributed by atoms with van der Waals surface area (Å²) < 4.78 is 1.87. The first kappa shape index (κ1) is 14.1. The average molecular weight is 305 g/mol. The van der Waals surface area contributed by atoms with Crippen molar-refractivity contribution < 1.29 is 0 Å². The van der Waals surface area contributed by atoms with Gasteiger partial charge in [-0.2, -0.15) is 0 Å². The summed E-state index contributed by atoms with van der Waals surface area (Å²) in [5.74, 6) is 1.56. The van der Waals surface area contributed by atoms with Crippen LogP contribution in [0.2, 0.25) is 0 Å². The largest absolute Gasteiger partial charge is 0.296 e. The van der Waals surface area contributed by atoms with Crippen molar-refractivity contribution in [1.82, 2.24) is 14.5 Å². The third-order valence-electron chi connectivity index (χ3n) is 4.70. The number of aryl methyl sites for hydroxylation is 1. The maximum absolute atomic E-state index is 12.8. The number of fused-ring (bicyclic) bond motifs is 2. The molecule has 3 heterocycles. The number of aromatic nitrogens is 3. The van der Waals surface area contributed by atoms with Gasteiger partial charge in [0, 0.05) is 24.7 Å².